The molecule has 3 saturated carbocycles. The van der Waals surface area contributed by atoms with Gasteiger partial charge in [0, 0.05) is 0 Å². The second kappa shape index (κ2) is 5.34. The van der Waals surface area contributed by atoms with E-state index in [2.05, 4.69) is 19.9 Å². The molecule has 126 valence electrons. The summed E-state index contributed by atoms with van der Waals surface area (Å²) in [6, 6.07) is 0. The van der Waals surface area contributed by atoms with E-state index in [4.69, 9.17) is 0 Å². The topological polar surface area (TPSA) is 40.5 Å². The van der Waals surface area contributed by atoms with Crippen LogP contribution in [0, 0.1) is 28.6 Å². The minimum atomic E-state index is -0.108. The summed E-state index contributed by atoms with van der Waals surface area (Å²) in [5.41, 5.74) is 2.05. The molecule has 0 aromatic rings. The van der Waals surface area contributed by atoms with E-state index in [9.17, 15) is 10.2 Å². The van der Waals surface area contributed by atoms with E-state index in [0.29, 0.717) is 11.3 Å². The standard InChI is InChI=1S/C19H30O2.CH4/c1-18-9-7-13(20)11-12(18)3-4-14-15-5-6-17(21)19(15,2)10-8-16(14)18;/h3,13-17,20-21H,4-11H2,1-2H3;1H4/t13?,14?,15?,16?,17-,18-,19-;/m0./s1. The second-order valence-corrected chi connectivity index (χ2v) is 8.79. The molecule has 0 aliphatic heterocycles. The first-order chi connectivity index (χ1) is 9.95. The largest absolute Gasteiger partial charge is 0.393 e. The Morgan fingerprint density at radius 3 is 2.55 bits per heavy atom. The summed E-state index contributed by atoms with van der Waals surface area (Å²) in [5, 5.41) is 20.5. The lowest BCUT2D eigenvalue weighted by Gasteiger charge is -2.57. The predicted octanol–water partition coefficient (Wildman–Crippen LogP) is 4.31. The van der Waals surface area contributed by atoms with Gasteiger partial charge in [-0.15, -0.1) is 0 Å². The van der Waals surface area contributed by atoms with E-state index in [1.807, 2.05) is 0 Å². The summed E-state index contributed by atoms with van der Waals surface area (Å²) in [6.07, 6.45) is 11.2. The quantitative estimate of drug-likeness (QED) is 0.655. The van der Waals surface area contributed by atoms with Gasteiger partial charge in [-0.2, -0.15) is 0 Å². The van der Waals surface area contributed by atoms with Crippen LogP contribution in [-0.2, 0) is 0 Å². The zero-order chi connectivity index (χ0) is 14.8. The van der Waals surface area contributed by atoms with Crippen molar-refractivity contribution >= 4 is 0 Å². The van der Waals surface area contributed by atoms with Gasteiger partial charge in [0.2, 0.25) is 0 Å². The lowest BCUT2D eigenvalue weighted by atomic mass is 9.48. The summed E-state index contributed by atoms with van der Waals surface area (Å²) >= 11 is 0. The first-order valence-corrected chi connectivity index (χ1v) is 9.01. The zero-order valence-electron chi connectivity index (χ0n) is 13.5. The van der Waals surface area contributed by atoms with Gasteiger partial charge in [0.1, 0.15) is 0 Å². The summed E-state index contributed by atoms with van der Waals surface area (Å²) in [7, 11) is 0. The molecule has 0 spiro atoms. The molecule has 0 bridgehead atoms. The third kappa shape index (κ3) is 2.06. The molecule has 7 atom stereocenters. The van der Waals surface area contributed by atoms with E-state index < -0.39 is 0 Å². The van der Waals surface area contributed by atoms with Crippen molar-refractivity contribution in [2.45, 2.75) is 84.8 Å². The van der Waals surface area contributed by atoms with Crippen LogP contribution in [0.5, 0.6) is 0 Å². The Labute approximate surface area is 136 Å². The van der Waals surface area contributed by atoms with E-state index >= 15 is 0 Å². The van der Waals surface area contributed by atoms with Gasteiger partial charge in [-0.1, -0.05) is 32.9 Å². The molecule has 0 saturated heterocycles. The van der Waals surface area contributed by atoms with Crippen LogP contribution in [-0.4, -0.2) is 22.4 Å². The molecule has 2 heteroatoms. The van der Waals surface area contributed by atoms with Crippen LogP contribution in [0.15, 0.2) is 11.6 Å². The van der Waals surface area contributed by atoms with Crippen LogP contribution in [0.3, 0.4) is 0 Å². The molecule has 4 aliphatic carbocycles. The number of aliphatic hydroxyl groups is 2. The van der Waals surface area contributed by atoms with E-state index in [1.54, 1.807) is 5.57 Å². The molecular formula is C20H34O2. The van der Waals surface area contributed by atoms with Crippen molar-refractivity contribution < 1.29 is 10.2 Å². The van der Waals surface area contributed by atoms with E-state index in [0.717, 1.165) is 37.5 Å². The lowest BCUT2D eigenvalue weighted by Crippen LogP contribution is -2.51. The van der Waals surface area contributed by atoms with Gasteiger partial charge in [-0.05, 0) is 80.0 Å². The Kier molecular flexibility index (Phi) is 4.01. The number of hydrogen-bond donors (Lipinski definition) is 2. The van der Waals surface area contributed by atoms with Crippen LogP contribution < -0.4 is 0 Å². The van der Waals surface area contributed by atoms with Gasteiger partial charge >= 0.3 is 0 Å². The van der Waals surface area contributed by atoms with Crippen molar-refractivity contribution in [3.05, 3.63) is 11.6 Å². The zero-order valence-corrected chi connectivity index (χ0v) is 13.5. The average molecular weight is 306 g/mol. The maximum Gasteiger partial charge on any atom is 0.0596 e. The second-order valence-electron chi connectivity index (χ2n) is 8.79. The van der Waals surface area contributed by atoms with Crippen LogP contribution in [0.25, 0.3) is 0 Å². The SMILES string of the molecule is C.C[C@]12CCC(O)CC1=CCC1C2CC[C@@]2(C)C1CC[C@@H]2O. The van der Waals surface area contributed by atoms with Crippen molar-refractivity contribution in [3.63, 3.8) is 0 Å². The molecule has 0 radical (unpaired) electrons. The van der Waals surface area contributed by atoms with Crippen molar-refractivity contribution in [2.24, 2.45) is 28.6 Å². The number of fused-ring (bicyclic) bond motifs is 5. The maximum atomic E-state index is 10.5. The first-order valence-electron chi connectivity index (χ1n) is 9.01. The molecule has 4 aliphatic rings. The Morgan fingerprint density at radius 1 is 1.00 bits per heavy atom. The third-order valence-corrected chi connectivity index (χ3v) is 8.03. The lowest BCUT2D eigenvalue weighted by molar-refractivity contribution is -0.0711. The monoisotopic (exact) mass is 306 g/mol. The van der Waals surface area contributed by atoms with Crippen LogP contribution in [0.1, 0.15) is 72.6 Å². The van der Waals surface area contributed by atoms with Crippen molar-refractivity contribution in [1.82, 2.24) is 0 Å². The highest BCUT2D eigenvalue weighted by molar-refractivity contribution is 5.25. The molecule has 0 heterocycles. The van der Waals surface area contributed by atoms with Gasteiger partial charge in [-0.25, -0.2) is 0 Å². The minimum Gasteiger partial charge on any atom is -0.393 e. The number of allylic oxidation sites excluding steroid dienone is 1. The van der Waals surface area contributed by atoms with Crippen LogP contribution in [0.2, 0.25) is 0 Å². The molecule has 0 aromatic heterocycles. The summed E-state index contributed by atoms with van der Waals surface area (Å²) in [5.74, 6) is 2.27. The fourth-order valence-corrected chi connectivity index (χ4v) is 6.61. The Morgan fingerprint density at radius 2 is 1.77 bits per heavy atom. The molecule has 2 N–H and O–H groups in total. The van der Waals surface area contributed by atoms with Crippen LogP contribution in [0.4, 0.5) is 0 Å². The maximum absolute atomic E-state index is 10.5. The number of hydrogen-bond acceptors (Lipinski definition) is 2. The normalized spacial score (nSPS) is 53.6. The Balaban J connectivity index is 0.00000144. The average Bonchev–Trinajstić information content (AvgIpc) is 2.76. The third-order valence-electron chi connectivity index (χ3n) is 8.03. The highest BCUT2D eigenvalue weighted by Gasteiger charge is 2.58. The smallest absolute Gasteiger partial charge is 0.0596 e. The van der Waals surface area contributed by atoms with Gasteiger partial charge in [0.05, 0.1) is 12.2 Å². The molecule has 0 aromatic carbocycles. The molecular weight excluding hydrogens is 272 g/mol. The van der Waals surface area contributed by atoms with Crippen molar-refractivity contribution in [2.75, 3.05) is 0 Å². The minimum absolute atomic E-state index is 0. The number of rotatable bonds is 0. The van der Waals surface area contributed by atoms with Crippen molar-refractivity contribution in [3.8, 4) is 0 Å². The van der Waals surface area contributed by atoms with Gasteiger partial charge in [0.15, 0.2) is 0 Å². The molecule has 2 nitrogen and oxygen atoms in total. The van der Waals surface area contributed by atoms with E-state index in [1.165, 1.54) is 25.7 Å². The van der Waals surface area contributed by atoms with Crippen molar-refractivity contribution in [1.29, 1.82) is 0 Å². The highest BCUT2D eigenvalue weighted by atomic mass is 16.3. The molecule has 3 fully saturated rings. The van der Waals surface area contributed by atoms with E-state index in [-0.39, 0.29) is 25.0 Å². The Hall–Kier alpha value is -0.340. The van der Waals surface area contributed by atoms with Gasteiger partial charge in [-0.3, -0.25) is 0 Å². The number of aliphatic hydroxyl groups excluding tert-OH is 2. The molecule has 0 amide bonds. The molecule has 4 rings (SSSR count). The summed E-state index contributed by atoms with van der Waals surface area (Å²) < 4.78 is 0. The van der Waals surface area contributed by atoms with Gasteiger partial charge in [0.25, 0.3) is 0 Å². The first kappa shape index (κ1) is 16.5. The molecule has 4 unspecified atom stereocenters. The summed E-state index contributed by atoms with van der Waals surface area (Å²) in [4.78, 5) is 0. The summed E-state index contributed by atoms with van der Waals surface area (Å²) in [6.45, 7) is 4.81. The highest BCUT2D eigenvalue weighted by Crippen LogP contribution is 2.64. The van der Waals surface area contributed by atoms with Crippen LogP contribution >= 0.6 is 0 Å². The Bertz CT molecular complexity index is 470. The fourth-order valence-electron chi connectivity index (χ4n) is 6.61. The fraction of sp³-hybridized carbons (Fsp3) is 0.900. The van der Waals surface area contributed by atoms with Gasteiger partial charge < -0.3 is 10.2 Å². The molecule has 22 heavy (non-hydrogen) atoms. The predicted molar refractivity (Wildman–Crippen MR) is 90.4 cm³/mol.